The summed E-state index contributed by atoms with van der Waals surface area (Å²) in [6.45, 7) is 2.32. The third-order valence-electron chi connectivity index (χ3n) is 3.39. The molecule has 0 amide bonds. The van der Waals surface area contributed by atoms with Crippen molar-refractivity contribution in [2.75, 3.05) is 5.32 Å². The van der Waals surface area contributed by atoms with Gasteiger partial charge >= 0.3 is 0 Å². The lowest BCUT2D eigenvalue weighted by atomic mass is 9.98. The van der Waals surface area contributed by atoms with Crippen LogP contribution in [-0.2, 0) is 0 Å². The van der Waals surface area contributed by atoms with E-state index in [2.05, 4.69) is 46.9 Å². The molecule has 0 saturated carbocycles. The van der Waals surface area contributed by atoms with Crippen LogP contribution in [0.1, 0.15) is 19.8 Å². The fraction of sp³-hybridized carbons (Fsp3) is 0.500. The van der Waals surface area contributed by atoms with Crippen molar-refractivity contribution in [1.29, 1.82) is 0 Å². The first-order chi connectivity index (χ1) is 7.34. The van der Waals surface area contributed by atoms with Gasteiger partial charge in [-0.25, -0.2) is 10.4 Å². The molecule has 15 heavy (non-hydrogen) atoms. The summed E-state index contributed by atoms with van der Waals surface area (Å²) in [4.78, 5) is 0. The third kappa shape index (κ3) is 1.73. The maximum Gasteiger partial charge on any atom is 0.0969 e. The quantitative estimate of drug-likeness (QED) is 0.722. The minimum absolute atomic E-state index is 0.450. The summed E-state index contributed by atoms with van der Waals surface area (Å²) in [5.74, 6) is 0.705. The number of nitrogens with zero attached hydrogens (tertiary/aromatic N) is 1. The van der Waals surface area contributed by atoms with Crippen molar-refractivity contribution in [1.82, 2.24) is 10.4 Å². The Kier molecular flexibility index (Phi) is 2.15. The molecule has 2 aliphatic rings. The average molecular weight is 203 g/mol. The van der Waals surface area contributed by atoms with Crippen LogP contribution in [0.3, 0.4) is 0 Å². The van der Waals surface area contributed by atoms with Crippen molar-refractivity contribution < 1.29 is 0 Å². The van der Waals surface area contributed by atoms with Crippen LogP contribution in [0.5, 0.6) is 0 Å². The van der Waals surface area contributed by atoms with Gasteiger partial charge in [0, 0.05) is 5.69 Å². The zero-order valence-electron chi connectivity index (χ0n) is 8.98. The molecule has 0 spiro atoms. The van der Waals surface area contributed by atoms with Gasteiger partial charge in [-0.15, -0.1) is 0 Å². The van der Waals surface area contributed by atoms with E-state index < -0.39 is 0 Å². The molecular weight excluding hydrogens is 186 g/mol. The van der Waals surface area contributed by atoms with E-state index in [-0.39, 0.29) is 0 Å². The first-order valence-corrected chi connectivity index (χ1v) is 5.71. The van der Waals surface area contributed by atoms with Crippen molar-refractivity contribution >= 4 is 5.69 Å². The highest BCUT2D eigenvalue weighted by molar-refractivity contribution is 5.43. The van der Waals surface area contributed by atoms with Gasteiger partial charge in [-0.3, -0.25) is 0 Å². The number of fused-ring (bicyclic) bond motifs is 1. The Morgan fingerprint density at radius 2 is 2.07 bits per heavy atom. The van der Waals surface area contributed by atoms with E-state index >= 15 is 0 Å². The van der Waals surface area contributed by atoms with Gasteiger partial charge in [-0.1, -0.05) is 25.1 Å². The first-order valence-electron chi connectivity index (χ1n) is 5.71. The number of para-hydroxylation sites is 1. The van der Waals surface area contributed by atoms with Crippen LogP contribution < -0.4 is 10.7 Å². The highest BCUT2D eigenvalue weighted by Gasteiger charge is 2.45. The zero-order chi connectivity index (χ0) is 10.3. The molecule has 2 fully saturated rings. The Balaban J connectivity index is 1.72. The van der Waals surface area contributed by atoms with Crippen LogP contribution in [0.25, 0.3) is 0 Å². The second kappa shape index (κ2) is 3.51. The van der Waals surface area contributed by atoms with Crippen molar-refractivity contribution in [3.8, 4) is 0 Å². The van der Waals surface area contributed by atoms with E-state index in [1.807, 2.05) is 6.07 Å². The second-order valence-corrected chi connectivity index (χ2v) is 4.56. The van der Waals surface area contributed by atoms with Gasteiger partial charge in [0.25, 0.3) is 0 Å². The SMILES string of the molecule is CC1CCC2NN2C1Nc1ccccc1. The van der Waals surface area contributed by atoms with Gasteiger partial charge in [0.15, 0.2) is 0 Å². The average Bonchev–Trinajstić information content (AvgIpc) is 3.03. The van der Waals surface area contributed by atoms with Gasteiger partial charge in [0.2, 0.25) is 0 Å². The van der Waals surface area contributed by atoms with Crippen LogP contribution in [0.4, 0.5) is 5.69 Å². The van der Waals surface area contributed by atoms with Crippen LogP contribution in [0.2, 0.25) is 0 Å². The molecule has 1 aromatic rings. The zero-order valence-corrected chi connectivity index (χ0v) is 8.98. The maximum absolute atomic E-state index is 3.59. The molecule has 2 aliphatic heterocycles. The topological polar surface area (TPSA) is 37.0 Å². The molecule has 3 rings (SSSR count). The summed E-state index contributed by atoms with van der Waals surface area (Å²) in [6, 6.07) is 10.4. The molecule has 0 aliphatic carbocycles. The molecule has 4 atom stereocenters. The lowest BCUT2D eigenvalue weighted by Crippen LogP contribution is -2.39. The number of rotatable bonds is 2. The van der Waals surface area contributed by atoms with Crippen molar-refractivity contribution in [2.45, 2.75) is 32.1 Å². The predicted molar refractivity (Wildman–Crippen MR) is 61.0 cm³/mol. The molecule has 2 N–H and O–H groups in total. The lowest BCUT2D eigenvalue weighted by Gasteiger charge is -2.29. The molecule has 4 unspecified atom stereocenters. The molecular formula is C12H17N3. The van der Waals surface area contributed by atoms with Gasteiger partial charge in [0.1, 0.15) is 0 Å². The van der Waals surface area contributed by atoms with Crippen molar-refractivity contribution in [3.05, 3.63) is 30.3 Å². The summed E-state index contributed by atoms with van der Waals surface area (Å²) in [6.07, 6.45) is 3.67. The summed E-state index contributed by atoms with van der Waals surface area (Å²) in [5.41, 5.74) is 4.61. The number of hydrogen-bond acceptors (Lipinski definition) is 3. The van der Waals surface area contributed by atoms with E-state index in [0.717, 1.165) is 0 Å². The highest BCUT2D eigenvalue weighted by Crippen LogP contribution is 2.33. The molecule has 2 saturated heterocycles. The number of anilines is 1. The molecule has 1 aromatic carbocycles. The largest absolute Gasteiger partial charge is 0.368 e. The third-order valence-corrected chi connectivity index (χ3v) is 3.39. The predicted octanol–water partition coefficient (Wildman–Crippen LogP) is 2.00. The van der Waals surface area contributed by atoms with E-state index in [1.54, 1.807) is 0 Å². The molecule has 80 valence electrons. The Hall–Kier alpha value is -1.06. The molecule has 0 bridgehead atoms. The number of benzene rings is 1. The van der Waals surface area contributed by atoms with Crippen LogP contribution in [0, 0.1) is 5.92 Å². The van der Waals surface area contributed by atoms with E-state index in [4.69, 9.17) is 0 Å². The summed E-state index contributed by atoms with van der Waals surface area (Å²) < 4.78 is 0. The van der Waals surface area contributed by atoms with Crippen molar-refractivity contribution in [3.63, 3.8) is 0 Å². The lowest BCUT2D eigenvalue weighted by molar-refractivity contribution is 0.234. The second-order valence-electron chi connectivity index (χ2n) is 4.56. The summed E-state index contributed by atoms with van der Waals surface area (Å²) in [5, 5.41) is 5.92. The fourth-order valence-electron chi connectivity index (χ4n) is 2.39. The minimum Gasteiger partial charge on any atom is -0.368 e. The van der Waals surface area contributed by atoms with Crippen LogP contribution in [0.15, 0.2) is 30.3 Å². The first kappa shape index (κ1) is 9.19. The van der Waals surface area contributed by atoms with Gasteiger partial charge in [-0.05, 0) is 30.9 Å². The van der Waals surface area contributed by atoms with Gasteiger partial charge < -0.3 is 5.32 Å². The molecule has 3 nitrogen and oxygen atoms in total. The summed E-state index contributed by atoms with van der Waals surface area (Å²) in [7, 11) is 0. The normalized spacial score (nSPS) is 38.2. The Morgan fingerprint density at radius 1 is 1.27 bits per heavy atom. The fourth-order valence-corrected chi connectivity index (χ4v) is 2.39. The Labute approximate surface area is 90.4 Å². The molecule has 2 heterocycles. The van der Waals surface area contributed by atoms with Crippen LogP contribution >= 0.6 is 0 Å². The summed E-state index contributed by atoms with van der Waals surface area (Å²) >= 11 is 0. The Morgan fingerprint density at radius 3 is 2.87 bits per heavy atom. The van der Waals surface area contributed by atoms with E-state index in [9.17, 15) is 0 Å². The number of piperidine rings is 1. The number of hydrazine groups is 1. The smallest absolute Gasteiger partial charge is 0.0969 e. The molecule has 0 radical (unpaired) electrons. The van der Waals surface area contributed by atoms with Crippen LogP contribution in [-0.4, -0.2) is 17.3 Å². The van der Waals surface area contributed by atoms with Crippen molar-refractivity contribution in [2.24, 2.45) is 5.92 Å². The monoisotopic (exact) mass is 203 g/mol. The standard InChI is InChI=1S/C12H17N3/c1-9-7-8-11-14-15(11)12(9)13-10-5-3-2-4-6-10/h2-6,9,11-14H,7-8H2,1H3. The number of nitrogens with one attached hydrogen (secondary N) is 2. The van der Waals surface area contributed by atoms with E-state index in [0.29, 0.717) is 18.2 Å². The maximum atomic E-state index is 3.59. The molecule has 3 heteroatoms. The Bertz CT molecular complexity index is 336. The number of hydrogen-bond donors (Lipinski definition) is 2. The van der Waals surface area contributed by atoms with Gasteiger partial charge in [-0.2, -0.15) is 0 Å². The van der Waals surface area contributed by atoms with E-state index in [1.165, 1.54) is 18.5 Å². The van der Waals surface area contributed by atoms with Gasteiger partial charge in [0.05, 0.1) is 12.3 Å². The minimum atomic E-state index is 0.450. The highest BCUT2D eigenvalue weighted by atomic mass is 15.8. The molecule has 0 aromatic heterocycles.